The number of nitrogens with one attached hydrogen (secondary N) is 1. The summed E-state index contributed by atoms with van der Waals surface area (Å²) in [5.41, 5.74) is 2.30. The Bertz CT molecular complexity index is 869. The first kappa shape index (κ1) is 18.7. The molecule has 1 saturated heterocycles. The minimum absolute atomic E-state index is 0.0477. The summed E-state index contributed by atoms with van der Waals surface area (Å²) in [6.07, 6.45) is 5.44. The maximum absolute atomic E-state index is 13.0. The van der Waals surface area contributed by atoms with E-state index in [9.17, 15) is 14.0 Å². The van der Waals surface area contributed by atoms with Crippen molar-refractivity contribution in [1.82, 2.24) is 19.8 Å². The molecule has 7 heteroatoms. The van der Waals surface area contributed by atoms with E-state index in [1.54, 1.807) is 12.1 Å². The molecule has 1 aromatic heterocycles. The van der Waals surface area contributed by atoms with E-state index in [1.807, 2.05) is 9.47 Å². The highest BCUT2D eigenvalue weighted by atomic mass is 19.1. The normalized spacial score (nSPS) is 16.1. The molecule has 0 aliphatic carbocycles. The van der Waals surface area contributed by atoms with Crippen molar-refractivity contribution in [2.75, 3.05) is 19.6 Å². The third kappa shape index (κ3) is 3.79. The van der Waals surface area contributed by atoms with Gasteiger partial charge in [0, 0.05) is 26.2 Å². The van der Waals surface area contributed by atoms with Crippen LogP contribution in [0.1, 0.15) is 58.0 Å². The van der Waals surface area contributed by atoms with Gasteiger partial charge in [0.05, 0.1) is 5.69 Å². The van der Waals surface area contributed by atoms with Gasteiger partial charge in [-0.25, -0.2) is 9.37 Å². The second-order valence-electron chi connectivity index (χ2n) is 7.47. The first-order chi connectivity index (χ1) is 13.6. The van der Waals surface area contributed by atoms with Gasteiger partial charge in [-0.15, -0.1) is 0 Å². The zero-order valence-corrected chi connectivity index (χ0v) is 15.9. The number of likely N-dealkylation sites (tertiary alicyclic amines) is 1. The molecule has 0 bridgehead atoms. The molecular formula is C21H25FN4O2. The van der Waals surface area contributed by atoms with Crippen LogP contribution >= 0.6 is 0 Å². The van der Waals surface area contributed by atoms with Gasteiger partial charge >= 0.3 is 0 Å². The first-order valence-corrected chi connectivity index (χ1v) is 10.0. The summed E-state index contributed by atoms with van der Waals surface area (Å²) >= 11 is 0. The van der Waals surface area contributed by atoms with Crippen LogP contribution in [0.2, 0.25) is 0 Å². The summed E-state index contributed by atoms with van der Waals surface area (Å²) < 4.78 is 14.9. The number of carbonyl (C=O) groups excluding carboxylic acids is 2. The van der Waals surface area contributed by atoms with Gasteiger partial charge in [-0.05, 0) is 56.2 Å². The van der Waals surface area contributed by atoms with E-state index in [2.05, 4.69) is 10.3 Å². The number of carbonyl (C=O) groups is 2. The lowest BCUT2D eigenvalue weighted by Crippen LogP contribution is -2.29. The van der Waals surface area contributed by atoms with Crippen LogP contribution in [-0.4, -0.2) is 45.9 Å². The van der Waals surface area contributed by atoms with E-state index in [0.29, 0.717) is 24.5 Å². The Morgan fingerprint density at radius 1 is 1.04 bits per heavy atom. The van der Waals surface area contributed by atoms with Crippen molar-refractivity contribution in [2.45, 2.75) is 45.1 Å². The van der Waals surface area contributed by atoms with Crippen molar-refractivity contribution in [1.29, 1.82) is 0 Å². The molecule has 1 N–H and O–H groups in total. The van der Waals surface area contributed by atoms with Gasteiger partial charge in [0.25, 0.3) is 11.8 Å². The molecule has 0 radical (unpaired) electrons. The van der Waals surface area contributed by atoms with Crippen LogP contribution in [-0.2, 0) is 19.4 Å². The molecule has 3 heterocycles. The lowest BCUT2D eigenvalue weighted by Gasteiger charge is -2.18. The van der Waals surface area contributed by atoms with Crippen molar-refractivity contribution in [2.24, 2.45) is 0 Å². The molecule has 2 aliphatic heterocycles. The number of amides is 2. The largest absolute Gasteiger partial charge is 0.349 e. The molecule has 4 rings (SSSR count). The fraction of sp³-hybridized carbons (Fsp3) is 0.476. The van der Waals surface area contributed by atoms with Gasteiger partial charge in [0.15, 0.2) is 5.82 Å². The van der Waals surface area contributed by atoms with Crippen molar-refractivity contribution < 1.29 is 14.0 Å². The van der Waals surface area contributed by atoms with Gasteiger partial charge in [0.1, 0.15) is 11.5 Å². The monoisotopic (exact) mass is 384 g/mol. The fourth-order valence-electron chi connectivity index (χ4n) is 4.01. The molecule has 2 aliphatic rings. The quantitative estimate of drug-likeness (QED) is 0.862. The van der Waals surface area contributed by atoms with Crippen LogP contribution in [0, 0.1) is 5.82 Å². The molecular weight excluding hydrogens is 359 g/mol. The predicted octanol–water partition coefficient (Wildman–Crippen LogP) is 2.57. The Hall–Kier alpha value is -2.70. The van der Waals surface area contributed by atoms with Crippen molar-refractivity contribution in [3.8, 4) is 0 Å². The minimum atomic E-state index is -0.271. The molecule has 0 spiro atoms. The third-order valence-corrected chi connectivity index (χ3v) is 5.53. The molecule has 6 nitrogen and oxygen atoms in total. The summed E-state index contributed by atoms with van der Waals surface area (Å²) in [5.74, 6) is -0.248. The van der Waals surface area contributed by atoms with Gasteiger partial charge in [-0.2, -0.15) is 0 Å². The summed E-state index contributed by atoms with van der Waals surface area (Å²) in [6, 6.07) is 6.26. The highest BCUT2D eigenvalue weighted by molar-refractivity contribution is 5.97. The number of hydrogen-bond donors (Lipinski definition) is 1. The Kier molecular flexibility index (Phi) is 5.41. The van der Waals surface area contributed by atoms with Crippen LogP contribution in [0.15, 0.2) is 24.3 Å². The van der Waals surface area contributed by atoms with Crippen molar-refractivity contribution >= 4 is 11.8 Å². The first-order valence-electron chi connectivity index (χ1n) is 10.0. The van der Waals surface area contributed by atoms with Crippen LogP contribution < -0.4 is 5.32 Å². The van der Waals surface area contributed by atoms with E-state index < -0.39 is 0 Å². The minimum Gasteiger partial charge on any atom is -0.349 e. The van der Waals surface area contributed by atoms with Crippen LogP contribution in [0.25, 0.3) is 0 Å². The summed E-state index contributed by atoms with van der Waals surface area (Å²) in [4.78, 5) is 31.9. The molecule has 0 atom stereocenters. The van der Waals surface area contributed by atoms with E-state index in [1.165, 1.54) is 12.1 Å². The number of imidazole rings is 1. The molecule has 0 saturated carbocycles. The average molecular weight is 384 g/mol. The predicted molar refractivity (Wildman–Crippen MR) is 103 cm³/mol. The zero-order valence-electron chi connectivity index (χ0n) is 15.9. The summed E-state index contributed by atoms with van der Waals surface area (Å²) in [5, 5.41) is 2.89. The molecule has 1 aromatic carbocycles. The van der Waals surface area contributed by atoms with E-state index >= 15 is 0 Å². The van der Waals surface area contributed by atoms with Gasteiger partial charge in [-0.3, -0.25) is 9.59 Å². The van der Waals surface area contributed by atoms with E-state index in [-0.39, 0.29) is 17.6 Å². The molecule has 2 amide bonds. The second-order valence-corrected chi connectivity index (χ2v) is 7.47. The number of halogens is 1. The SMILES string of the molecule is O=C(NCCc1ccc(F)cc1)c1nc(C(=O)N2CCCC2)c2n1CCCC2. The third-order valence-electron chi connectivity index (χ3n) is 5.53. The van der Waals surface area contributed by atoms with Gasteiger partial charge < -0.3 is 14.8 Å². The second kappa shape index (κ2) is 8.12. The molecule has 1 fully saturated rings. The number of benzene rings is 1. The van der Waals surface area contributed by atoms with Crippen LogP contribution in [0.5, 0.6) is 0 Å². The smallest absolute Gasteiger partial charge is 0.287 e. The summed E-state index contributed by atoms with van der Waals surface area (Å²) in [7, 11) is 0. The Labute approximate surface area is 163 Å². The number of nitrogens with zero attached hydrogens (tertiary/aromatic N) is 3. The highest BCUT2D eigenvalue weighted by Crippen LogP contribution is 2.23. The maximum atomic E-state index is 13.0. The fourth-order valence-corrected chi connectivity index (χ4v) is 4.01. The van der Waals surface area contributed by atoms with Crippen LogP contribution in [0.3, 0.4) is 0 Å². The topological polar surface area (TPSA) is 67.2 Å². The lowest BCUT2D eigenvalue weighted by atomic mass is 10.1. The average Bonchev–Trinajstić information content (AvgIpc) is 3.37. The van der Waals surface area contributed by atoms with Crippen molar-refractivity contribution in [3.63, 3.8) is 0 Å². The molecule has 28 heavy (non-hydrogen) atoms. The maximum Gasteiger partial charge on any atom is 0.287 e. The van der Waals surface area contributed by atoms with E-state index in [0.717, 1.165) is 63.0 Å². The highest BCUT2D eigenvalue weighted by Gasteiger charge is 2.30. The Morgan fingerprint density at radius 3 is 2.50 bits per heavy atom. The summed E-state index contributed by atoms with van der Waals surface area (Å²) in [6.45, 7) is 2.69. The standard InChI is InChI=1S/C21H25FN4O2/c22-16-8-6-15(7-9-16)10-11-23-20(27)19-24-18(17-5-1-2-14-26(17)19)21(28)25-12-3-4-13-25/h6-9H,1-5,10-14H2,(H,23,27). The number of hydrogen-bond acceptors (Lipinski definition) is 3. The zero-order chi connectivity index (χ0) is 19.5. The number of aromatic nitrogens is 2. The van der Waals surface area contributed by atoms with Crippen molar-refractivity contribution in [3.05, 3.63) is 52.9 Å². The molecule has 148 valence electrons. The van der Waals surface area contributed by atoms with Crippen LogP contribution in [0.4, 0.5) is 4.39 Å². The van der Waals surface area contributed by atoms with E-state index in [4.69, 9.17) is 0 Å². The van der Waals surface area contributed by atoms with Gasteiger partial charge in [0.2, 0.25) is 0 Å². The Balaban J connectivity index is 1.47. The lowest BCUT2D eigenvalue weighted by molar-refractivity contribution is 0.0786. The number of rotatable bonds is 5. The number of fused-ring (bicyclic) bond motifs is 1. The Morgan fingerprint density at radius 2 is 1.75 bits per heavy atom. The molecule has 2 aromatic rings. The van der Waals surface area contributed by atoms with Gasteiger partial charge in [-0.1, -0.05) is 12.1 Å². The molecule has 0 unspecified atom stereocenters.